The van der Waals surface area contributed by atoms with Crippen molar-refractivity contribution in [3.63, 3.8) is 0 Å². The highest BCUT2D eigenvalue weighted by molar-refractivity contribution is 6.00. The minimum atomic E-state index is -0.998. The summed E-state index contributed by atoms with van der Waals surface area (Å²) >= 11 is 0. The van der Waals surface area contributed by atoms with Crippen LogP contribution in [0, 0.1) is 5.92 Å². The summed E-state index contributed by atoms with van der Waals surface area (Å²) in [7, 11) is 0. The molecule has 17 heavy (non-hydrogen) atoms. The average Bonchev–Trinajstić information content (AvgIpc) is 2.58. The van der Waals surface area contributed by atoms with Gasteiger partial charge < -0.3 is 9.84 Å². The van der Waals surface area contributed by atoms with E-state index in [1.165, 1.54) is 0 Å². The van der Waals surface area contributed by atoms with Crippen LogP contribution in [0.3, 0.4) is 0 Å². The number of carboxylic acid groups (broad SMARTS) is 1. The number of carbonyl (C=O) groups is 2. The fourth-order valence-corrected chi connectivity index (χ4v) is 1.95. The van der Waals surface area contributed by atoms with E-state index in [4.69, 9.17) is 9.84 Å². The fraction of sp³-hybridized carbons (Fsp3) is 0.692. The standard InChI is InChI=1S/C13H20O4/c1-5-8-6-9(11(14)15)10(7-8)12(16)17-13(2,3)4/h8H,5-7H2,1-4H3,(H,14,15)/t8-/m0/s1. The molecule has 1 aliphatic rings. The van der Waals surface area contributed by atoms with Crippen LogP contribution < -0.4 is 0 Å². The maximum atomic E-state index is 11.9. The van der Waals surface area contributed by atoms with Gasteiger partial charge in [-0.25, -0.2) is 9.59 Å². The Labute approximate surface area is 102 Å². The van der Waals surface area contributed by atoms with Crippen molar-refractivity contribution in [1.29, 1.82) is 0 Å². The van der Waals surface area contributed by atoms with E-state index < -0.39 is 17.5 Å². The van der Waals surface area contributed by atoms with Crippen molar-refractivity contribution in [2.24, 2.45) is 5.92 Å². The van der Waals surface area contributed by atoms with E-state index in [0.717, 1.165) is 6.42 Å². The highest BCUT2D eigenvalue weighted by Gasteiger charge is 2.33. The SMILES string of the molecule is CC[C@H]1CC(C(=O)O)=C(C(=O)OC(C)(C)C)C1. The maximum absolute atomic E-state index is 11.9. The van der Waals surface area contributed by atoms with E-state index in [1.807, 2.05) is 6.92 Å². The first-order chi connectivity index (χ1) is 7.74. The minimum Gasteiger partial charge on any atom is -0.478 e. The molecule has 4 nitrogen and oxygen atoms in total. The summed E-state index contributed by atoms with van der Waals surface area (Å²) in [4.78, 5) is 23.0. The molecule has 0 aromatic rings. The molecule has 0 radical (unpaired) electrons. The van der Waals surface area contributed by atoms with Gasteiger partial charge in [0.2, 0.25) is 0 Å². The van der Waals surface area contributed by atoms with Gasteiger partial charge in [0.25, 0.3) is 0 Å². The van der Waals surface area contributed by atoms with E-state index >= 15 is 0 Å². The number of carbonyl (C=O) groups excluding carboxylic acids is 1. The van der Waals surface area contributed by atoms with Crippen molar-refractivity contribution in [2.45, 2.75) is 52.6 Å². The van der Waals surface area contributed by atoms with Gasteiger partial charge >= 0.3 is 11.9 Å². The van der Waals surface area contributed by atoms with Crippen LogP contribution in [0.2, 0.25) is 0 Å². The van der Waals surface area contributed by atoms with Crippen LogP contribution in [0.25, 0.3) is 0 Å². The molecule has 0 fully saturated rings. The Morgan fingerprint density at radius 1 is 1.29 bits per heavy atom. The van der Waals surface area contributed by atoms with E-state index in [0.29, 0.717) is 18.4 Å². The Kier molecular flexibility index (Phi) is 3.96. The van der Waals surface area contributed by atoms with Crippen LogP contribution in [0.1, 0.15) is 47.0 Å². The number of rotatable bonds is 3. The molecular weight excluding hydrogens is 220 g/mol. The number of carboxylic acids is 1. The van der Waals surface area contributed by atoms with Crippen LogP contribution in [0.4, 0.5) is 0 Å². The van der Waals surface area contributed by atoms with E-state index in [1.54, 1.807) is 20.8 Å². The third-order valence-corrected chi connectivity index (χ3v) is 2.83. The number of hydrogen-bond acceptors (Lipinski definition) is 3. The zero-order valence-corrected chi connectivity index (χ0v) is 10.9. The Balaban J connectivity index is 2.89. The lowest BCUT2D eigenvalue weighted by Crippen LogP contribution is -2.25. The van der Waals surface area contributed by atoms with Crippen molar-refractivity contribution < 1.29 is 19.4 Å². The highest BCUT2D eigenvalue weighted by Crippen LogP contribution is 2.35. The normalized spacial score (nSPS) is 20.6. The first-order valence-electron chi connectivity index (χ1n) is 5.93. The summed E-state index contributed by atoms with van der Waals surface area (Å²) in [6.07, 6.45) is 1.87. The smallest absolute Gasteiger partial charge is 0.335 e. The van der Waals surface area contributed by atoms with Crippen molar-refractivity contribution >= 4 is 11.9 Å². The summed E-state index contributed by atoms with van der Waals surface area (Å²) in [6, 6.07) is 0. The first-order valence-corrected chi connectivity index (χ1v) is 5.93. The average molecular weight is 240 g/mol. The third-order valence-electron chi connectivity index (χ3n) is 2.83. The van der Waals surface area contributed by atoms with Crippen molar-refractivity contribution in [3.8, 4) is 0 Å². The third kappa shape index (κ3) is 3.58. The highest BCUT2D eigenvalue weighted by atomic mass is 16.6. The molecule has 1 N–H and O–H groups in total. The zero-order chi connectivity index (χ0) is 13.2. The Morgan fingerprint density at radius 3 is 2.24 bits per heavy atom. The van der Waals surface area contributed by atoms with Gasteiger partial charge in [0, 0.05) is 11.1 Å². The number of hydrogen-bond donors (Lipinski definition) is 1. The second kappa shape index (κ2) is 4.90. The molecule has 0 amide bonds. The second-order valence-electron chi connectivity index (χ2n) is 5.45. The molecule has 1 atom stereocenters. The molecule has 0 aromatic carbocycles. The van der Waals surface area contributed by atoms with Gasteiger partial charge in [0.15, 0.2) is 0 Å². The summed E-state index contributed by atoms with van der Waals surface area (Å²) in [5.74, 6) is -1.23. The second-order valence-corrected chi connectivity index (χ2v) is 5.45. The lowest BCUT2D eigenvalue weighted by molar-refractivity contribution is -0.150. The summed E-state index contributed by atoms with van der Waals surface area (Å²) in [6.45, 7) is 7.33. The largest absolute Gasteiger partial charge is 0.478 e. The predicted octanol–water partition coefficient (Wildman–Crippen LogP) is 2.53. The van der Waals surface area contributed by atoms with E-state index in [9.17, 15) is 9.59 Å². The molecule has 0 aliphatic heterocycles. The minimum absolute atomic E-state index is 0.228. The molecule has 0 saturated carbocycles. The molecular formula is C13H20O4. The number of esters is 1. The molecule has 0 bridgehead atoms. The quantitative estimate of drug-likeness (QED) is 0.770. The van der Waals surface area contributed by atoms with Crippen LogP contribution in [-0.2, 0) is 14.3 Å². The molecule has 0 saturated heterocycles. The predicted molar refractivity (Wildman–Crippen MR) is 63.5 cm³/mol. The van der Waals surface area contributed by atoms with Crippen LogP contribution in [0.5, 0.6) is 0 Å². The lowest BCUT2D eigenvalue weighted by Gasteiger charge is -2.20. The van der Waals surface area contributed by atoms with Gasteiger partial charge in [-0.15, -0.1) is 0 Å². The van der Waals surface area contributed by atoms with E-state index in [-0.39, 0.29) is 11.5 Å². The molecule has 0 spiro atoms. The Bertz CT molecular complexity index is 360. The van der Waals surface area contributed by atoms with Gasteiger partial charge in [-0.05, 0) is 39.5 Å². The zero-order valence-electron chi connectivity index (χ0n) is 10.9. The molecule has 0 unspecified atom stereocenters. The molecule has 0 heterocycles. The van der Waals surface area contributed by atoms with Crippen molar-refractivity contribution in [3.05, 3.63) is 11.1 Å². The molecule has 1 aliphatic carbocycles. The number of ether oxygens (including phenoxy) is 1. The van der Waals surface area contributed by atoms with Gasteiger partial charge in [0.1, 0.15) is 5.60 Å². The Hall–Kier alpha value is -1.32. The van der Waals surface area contributed by atoms with Crippen LogP contribution in [0.15, 0.2) is 11.1 Å². The fourth-order valence-electron chi connectivity index (χ4n) is 1.95. The molecule has 1 rings (SSSR count). The number of aliphatic carboxylic acids is 1. The summed E-state index contributed by atoms with van der Waals surface area (Å²) in [5.41, 5.74) is -0.0109. The monoisotopic (exact) mass is 240 g/mol. The molecule has 96 valence electrons. The maximum Gasteiger partial charge on any atom is 0.335 e. The van der Waals surface area contributed by atoms with Gasteiger partial charge in [-0.1, -0.05) is 13.3 Å². The first kappa shape index (κ1) is 13.7. The van der Waals surface area contributed by atoms with Crippen LogP contribution >= 0.6 is 0 Å². The summed E-state index contributed by atoms with van der Waals surface area (Å²) < 4.78 is 5.23. The lowest BCUT2D eigenvalue weighted by atomic mass is 10.0. The van der Waals surface area contributed by atoms with Gasteiger partial charge in [-0.3, -0.25) is 0 Å². The van der Waals surface area contributed by atoms with E-state index in [2.05, 4.69) is 0 Å². The van der Waals surface area contributed by atoms with Gasteiger partial charge in [0.05, 0.1) is 0 Å². The topological polar surface area (TPSA) is 63.6 Å². The van der Waals surface area contributed by atoms with Crippen molar-refractivity contribution in [1.82, 2.24) is 0 Å². The molecule has 0 aromatic heterocycles. The summed E-state index contributed by atoms with van der Waals surface area (Å²) in [5, 5.41) is 9.08. The van der Waals surface area contributed by atoms with Crippen LogP contribution in [-0.4, -0.2) is 22.6 Å². The van der Waals surface area contributed by atoms with Crippen molar-refractivity contribution in [2.75, 3.05) is 0 Å². The molecule has 4 heteroatoms. The Morgan fingerprint density at radius 2 is 1.82 bits per heavy atom. The van der Waals surface area contributed by atoms with Gasteiger partial charge in [-0.2, -0.15) is 0 Å².